The Labute approximate surface area is 180 Å². The van der Waals surface area contributed by atoms with Gasteiger partial charge in [0, 0.05) is 38.3 Å². The smallest absolute Gasteiger partial charge is 0.394 e. The van der Waals surface area contributed by atoms with Crippen LogP contribution in [0.25, 0.3) is 0 Å². The topological polar surface area (TPSA) is 53.0 Å². The first-order valence-electron chi connectivity index (χ1n) is 10.3. The number of carbonyl (C=O) groups is 1. The summed E-state index contributed by atoms with van der Waals surface area (Å²) in [6.07, 6.45) is -4.08. The van der Waals surface area contributed by atoms with Crippen LogP contribution in [-0.4, -0.2) is 54.8 Å². The monoisotopic (exact) mass is 436 g/mol. The SMILES string of the molecule is O=C1CCN(c2cccc(C(F)(F)F)c2)CCN1CCC(CO)OCc1ccccc1. The van der Waals surface area contributed by atoms with Crippen LogP contribution in [-0.2, 0) is 22.3 Å². The third-order valence-electron chi connectivity index (χ3n) is 5.38. The molecule has 1 unspecified atom stereocenters. The second-order valence-corrected chi connectivity index (χ2v) is 7.56. The zero-order chi connectivity index (χ0) is 22.3. The number of alkyl halides is 3. The van der Waals surface area contributed by atoms with E-state index in [1.807, 2.05) is 35.2 Å². The van der Waals surface area contributed by atoms with Gasteiger partial charge in [-0.3, -0.25) is 4.79 Å². The number of carbonyl (C=O) groups excluding carboxylic acids is 1. The molecule has 2 aromatic carbocycles. The van der Waals surface area contributed by atoms with Crippen LogP contribution in [0.15, 0.2) is 54.6 Å². The fraction of sp³-hybridized carbons (Fsp3) is 0.435. The number of rotatable bonds is 8. The highest BCUT2D eigenvalue weighted by Gasteiger charge is 2.31. The Balaban J connectivity index is 1.54. The van der Waals surface area contributed by atoms with Crippen molar-refractivity contribution < 1.29 is 27.8 Å². The van der Waals surface area contributed by atoms with E-state index < -0.39 is 17.8 Å². The molecule has 1 aliphatic rings. The van der Waals surface area contributed by atoms with Crippen molar-refractivity contribution in [2.75, 3.05) is 37.7 Å². The molecule has 1 aliphatic heterocycles. The number of aliphatic hydroxyl groups is 1. The van der Waals surface area contributed by atoms with E-state index in [2.05, 4.69) is 0 Å². The van der Waals surface area contributed by atoms with Crippen LogP contribution < -0.4 is 4.90 Å². The van der Waals surface area contributed by atoms with Crippen LogP contribution in [0.2, 0.25) is 0 Å². The minimum atomic E-state index is -4.40. The van der Waals surface area contributed by atoms with E-state index in [0.717, 1.165) is 17.7 Å². The van der Waals surface area contributed by atoms with E-state index in [1.165, 1.54) is 6.07 Å². The predicted molar refractivity (Wildman–Crippen MR) is 112 cm³/mol. The highest BCUT2D eigenvalue weighted by atomic mass is 19.4. The van der Waals surface area contributed by atoms with Gasteiger partial charge < -0.3 is 19.6 Å². The lowest BCUT2D eigenvalue weighted by Crippen LogP contribution is -2.36. The van der Waals surface area contributed by atoms with Gasteiger partial charge in [0.2, 0.25) is 5.91 Å². The van der Waals surface area contributed by atoms with Crippen molar-refractivity contribution in [3.05, 3.63) is 65.7 Å². The van der Waals surface area contributed by atoms with Crippen molar-refractivity contribution in [3.8, 4) is 0 Å². The van der Waals surface area contributed by atoms with Crippen LogP contribution in [0.1, 0.15) is 24.0 Å². The molecule has 8 heteroatoms. The summed E-state index contributed by atoms with van der Waals surface area (Å²) in [5.74, 6) is -0.0470. The first-order valence-corrected chi connectivity index (χ1v) is 10.3. The Bertz CT molecular complexity index is 845. The maximum atomic E-state index is 13.0. The van der Waals surface area contributed by atoms with Gasteiger partial charge in [0.25, 0.3) is 0 Å². The number of ether oxygens (including phenoxy) is 1. The molecule has 1 amide bonds. The zero-order valence-corrected chi connectivity index (χ0v) is 17.2. The Morgan fingerprint density at radius 2 is 1.81 bits per heavy atom. The number of anilines is 1. The van der Waals surface area contributed by atoms with Crippen LogP contribution in [0.4, 0.5) is 18.9 Å². The second kappa shape index (κ2) is 10.6. The molecule has 31 heavy (non-hydrogen) atoms. The molecule has 1 atom stereocenters. The minimum Gasteiger partial charge on any atom is -0.394 e. The highest BCUT2D eigenvalue weighted by molar-refractivity contribution is 5.77. The maximum Gasteiger partial charge on any atom is 0.416 e. The van der Waals surface area contributed by atoms with E-state index in [0.29, 0.717) is 44.9 Å². The van der Waals surface area contributed by atoms with Crippen molar-refractivity contribution in [3.63, 3.8) is 0 Å². The van der Waals surface area contributed by atoms with Crippen LogP contribution in [0, 0.1) is 0 Å². The lowest BCUT2D eigenvalue weighted by Gasteiger charge is -2.25. The van der Waals surface area contributed by atoms with Crippen LogP contribution in [0.5, 0.6) is 0 Å². The fourth-order valence-electron chi connectivity index (χ4n) is 3.56. The van der Waals surface area contributed by atoms with Gasteiger partial charge in [-0.1, -0.05) is 36.4 Å². The third kappa shape index (κ3) is 6.70. The van der Waals surface area contributed by atoms with Gasteiger partial charge in [-0.15, -0.1) is 0 Å². The van der Waals surface area contributed by atoms with Gasteiger partial charge in [-0.2, -0.15) is 13.2 Å². The number of halogens is 3. The van der Waals surface area contributed by atoms with Crippen molar-refractivity contribution in [1.29, 1.82) is 0 Å². The summed E-state index contributed by atoms with van der Waals surface area (Å²) in [4.78, 5) is 16.0. The van der Waals surface area contributed by atoms with E-state index in [9.17, 15) is 23.1 Å². The molecular formula is C23H27F3N2O3. The average Bonchev–Trinajstić information content (AvgIpc) is 2.95. The molecule has 1 fully saturated rings. The molecule has 1 heterocycles. The summed E-state index contributed by atoms with van der Waals surface area (Å²) in [7, 11) is 0. The molecule has 0 aliphatic carbocycles. The standard InChI is InChI=1S/C23H27F3N2O3/c24-23(25,26)19-7-4-8-20(15-19)27-12-10-22(30)28(14-13-27)11-9-21(16-29)31-17-18-5-2-1-3-6-18/h1-8,15,21,29H,9-14,16-17H2. The Morgan fingerprint density at radius 1 is 1.03 bits per heavy atom. The average molecular weight is 436 g/mol. The van der Waals surface area contributed by atoms with Gasteiger partial charge in [-0.05, 0) is 30.2 Å². The molecule has 0 spiro atoms. The predicted octanol–water partition coefficient (Wildman–Crippen LogP) is 3.71. The maximum absolute atomic E-state index is 13.0. The van der Waals surface area contributed by atoms with Crippen molar-refractivity contribution in [2.24, 2.45) is 0 Å². The van der Waals surface area contributed by atoms with Gasteiger partial charge in [0.15, 0.2) is 0 Å². The number of benzene rings is 2. The van der Waals surface area contributed by atoms with Gasteiger partial charge in [0.1, 0.15) is 0 Å². The molecule has 0 bridgehead atoms. The molecule has 1 N–H and O–H groups in total. The van der Waals surface area contributed by atoms with Crippen molar-refractivity contribution in [2.45, 2.75) is 31.7 Å². The number of nitrogens with zero attached hydrogens (tertiary/aromatic N) is 2. The van der Waals surface area contributed by atoms with Crippen molar-refractivity contribution >= 4 is 11.6 Å². The van der Waals surface area contributed by atoms with Gasteiger partial charge in [-0.25, -0.2) is 0 Å². The molecule has 3 rings (SSSR count). The first kappa shape index (κ1) is 23.1. The Hall–Kier alpha value is -2.58. The normalized spacial score (nSPS) is 16.3. The highest BCUT2D eigenvalue weighted by Crippen LogP contribution is 2.32. The van der Waals surface area contributed by atoms with E-state index in [4.69, 9.17) is 4.74 Å². The summed E-state index contributed by atoms with van der Waals surface area (Å²) in [5, 5.41) is 9.61. The Morgan fingerprint density at radius 3 is 2.52 bits per heavy atom. The molecule has 0 radical (unpaired) electrons. The molecule has 1 saturated heterocycles. The second-order valence-electron chi connectivity index (χ2n) is 7.56. The van der Waals surface area contributed by atoms with Crippen LogP contribution in [0.3, 0.4) is 0 Å². The molecule has 2 aromatic rings. The largest absolute Gasteiger partial charge is 0.416 e. The van der Waals surface area contributed by atoms with Gasteiger partial charge >= 0.3 is 6.18 Å². The quantitative estimate of drug-likeness (QED) is 0.686. The van der Waals surface area contributed by atoms with Crippen LogP contribution >= 0.6 is 0 Å². The lowest BCUT2D eigenvalue weighted by atomic mass is 10.1. The summed E-state index contributed by atoms with van der Waals surface area (Å²) < 4.78 is 44.8. The molecule has 0 saturated carbocycles. The molecular weight excluding hydrogens is 409 g/mol. The van der Waals surface area contributed by atoms with Gasteiger partial charge in [0.05, 0.1) is 24.9 Å². The summed E-state index contributed by atoms with van der Waals surface area (Å²) in [6, 6.07) is 14.8. The first-order chi connectivity index (χ1) is 14.9. The number of aliphatic hydroxyl groups excluding tert-OH is 1. The number of hydrogen-bond donors (Lipinski definition) is 1. The molecule has 5 nitrogen and oxygen atoms in total. The molecule has 0 aromatic heterocycles. The zero-order valence-electron chi connectivity index (χ0n) is 17.2. The minimum absolute atomic E-state index is 0.0470. The molecule has 168 valence electrons. The fourth-order valence-corrected chi connectivity index (χ4v) is 3.56. The third-order valence-corrected chi connectivity index (χ3v) is 5.38. The number of amides is 1. The summed E-state index contributed by atoms with van der Waals surface area (Å²) in [5.41, 5.74) is 0.770. The summed E-state index contributed by atoms with van der Waals surface area (Å²) >= 11 is 0. The number of hydrogen-bond acceptors (Lipinski definition) is 4. The van der Waals surface area contributed by atoms with E-state index in [1.54, 1.807) is 11.0 Å². The van der Waals surface area contributed by atoms with E-state index >= 15 is 0 Å². The van der Waals surface area contributed by atoms with E-state index in [-0.39, 0.29) is 18.9 Å². The lowest BCUT2D eigenvalue weighted by molar-refractivity contribution is -0.137. The van der Waals surface area contributed by atoms with Crippen molar-refractivity contribution in [1.82, 2.24) is 4.90 Å². The Kier molecular flexibility index (Phi) is 7.92. The summed E-state index contributed by atoms with van der Waals surface area (Å²) in [6.45, 7) is 1.88.